The second-order valence-corrected chi connectivity index (χ2v) is 11.3. The van der Waals surface area contributed by atoms with Gasteiger partial charge in [0.05, 0.1) is 12.2 Å². The zero-order valence-corrected chi connectivity index (χ0v) is 21.9. The Morgan fingerprint density at radius 1 is 1.11 bits per heavy atom. The molecule has 184 valence electrons. The Balaban J connectivity index is 1.31. The standard InChI is InChI=1S/C29H30N4O2S/c1-19-17-33-26(30)24(27(34)31-28(33)36-19)16-20-18-32(25-9-6-5-8-23(20)25)14-7-15-35-22-12-10-21(11-13-22)29(2,3)4/h5-6,8-13,16-18,30H,7,14-15H2,1-4H3/b24-16-,30-26?. The van der Waals surface area contributed by atoms with Gasteiger partial charge in [0.15, 0.2) is 5.17 Å². The van der Waals surface area contributed by atoms with Crippen molar-refractivity contribution >= 4 is 45.7 Å². The monoisotopic (exact) mass is 498 g/mol. The molecule has 0 bridgehead atoms. The molecular formula is C29H30N4O2S. The molecule has 3 aromatic rings. The van der Waals surface area contributed by atoms with Crippen LogP contribution in [0.15, 0.2) is 76.4 Å². The lowest BCUT2D eigenvalue weighted by atomic mass is 9.87. The Morgan fingerprint density at radius 3 is 2.61 bits per heavy atom. The quantitative estimate of drug-likeness (QED) is 0.308. The molecule has 2 aromatic carbocycles. The van der Waals surface area contributed by atoms with E-state index < -0.39 is 0 Å². The van der Waals surface area contributed by atoms with E-state index in [4.69, 9.17) is 10.1 Å². The summed E-state index contributed by atoms with van der Waals surface area (Å²) in [5, 5.41) is 10.2. The summed E-state index contributed by atoms with van der Waals surface area (Å²) in [6.07, 6.45) is 6.54. The highest BCUT2D eigenvalue weighted by Gasteiger charge is 2.33. The summed E-state index contributed by atoms with van der Waals surface area (Å²) in [7, 11) is 0. The molecule has 0 unspecified atom stereocenters. The van der Waals surface area contributed by atoms with Gasteiger partial charge in [0, 0.05) is 40.3 Å². The van der Waals surface area contributed by atoms with Crippen LogP contribution < -0.4 is 4.74 Å². The van der Waals surface area contributed by atoms with Crippen molar-refractivity contribution in [3.05, 3.63) is 82.5 Å². The molecule has 7 heteroatoms. The molecule has 0 saturated heterocycles. The van der Waals surface area contributed by atoms with E-state index in [1.165, 1.54) is 17.3 Å². The number of nitrogens with one attached hydrogen (secondary N) is 1. The number of aryl methyl sites for hydroxylation is 1. The van der Waals surface area contributed by atoms with Crippen molar-refractivity contribution in [1.82, 2.24) is 9.47 Å². The third kappa shape index (κ3) is 4.75. The first-order valence-electron chi connectivity index (χ1n) is 12.1. The molecule has 0 fully saturated rings. The first-order valence-corrected chi connectivity index (χ1v) is 12.9. The number of benzene rings is 2. The molecule has 1 N–H and O–H groups in total. The van der Waals surface area contributed by atoms with Gasteiger partial charge in [0.25, 0.3) is 5.91 Å². The number of amidine groups is 2. The topological polar surface area (TPSA) is 70.7 Å². The minimum Gasteiger partial charge on any atom is -0.494 e. The summed E-state index contributed by atoms with van der Waals surface area (Å²) in [5.41, 5.74) is 3.71. The van der Waals surface area contributed by atoms with Crippen LogP contribution in [0, 0.1) is 5.41 Å². The van der Waals surface area contributed by atoms with Gasteiger partial charge in [-0.2, -0.15) is 4.99 Å². The smallest absolute Gasteiger partial charge is 0.283 e. The van der Waals surface area contributed by atoms with Crippen molar-refractivity contribution < 1.29 is 9.53 Å². The Bertz CT molecular complexity index is 1440. The lowest BCUT2D eigenvalue weighted by Crippen LogP contribution is -2.35. The Kier molecular flexibility index (Phi) is 6.35. The maximum absolute atomic E-state index is 12.7. The van der Waals surface area contributed by atoms with Crippen LogP contribution in [0.1, 0.15) is 45.2 Å². The molecule has 0 atom stereocenters. The van der Waals surface area contributed by atoms with Crippen LogP contribution in [-0.4, -0.2) is 33.0 Å². The second kappa shape index (κ2) is 9.47. The summed E-state index contributed by atoms with van der Waals surface area (Å²) in [6, 6.07) is 16.5. The van der Waals surface area contributed by atoms with Crippen LogP contribution in [0.5, 0.6) is 5.75 Å². The molecule has 0 aliphatic carbocycles. The number of hydrogen-bond donors (Lipinski definition) is 1. The average Bonchev–Trinajstić information content (AvgIpc) is 3.39. The Morgan fingerprint density at radius 2 is 1.86 bits per heavy atom. The average molecular weight is 499 g/mol. The van der Waals surface area contributed by atoms with Gasteiger partial charge in [-0.1, -0.05) is 62.9 Å². The van der Waals surface area contributed by atoms with Crippen LogP contribution in [0.25, 0.3) is 17.0 Å². The number of nitrogens with zero attached hydrogens (tertiary/aromatic N) is 3. The molecule has 6 nitrogen and oxygen atoms in total. The van der Waals surface area contributed by atoms with Crippen LogP contribution in [0.2, 0.25) is 0 Å². The second-order valence-electron chi connectivity index (χ2n) is 10.1. The maximum Gasteiger partial charge on any atom is 0.283 e. The van der Waals surface area contributed by atoms with Crippen LogP contribution in [0.3, 0.4) is 0 Å². The first-order chi connectivity index (χ1) is 17.2. The normalized spacial score (nSPS) is 17.0. The number of para-hydroxylation sites is 1. The molecule has 3 heterocycles. The molecule has 1 amide bonds. The molecule has 0 spiro atoms. The van der Waals surface area contributed by atoms with Crippen molar-refractivity contribution in [2.75, 3.05) is 6.61 Å². The number of aliphatic imine (C=N–C) groups is 1. The largest absolute Gasteiger partial charge is 0.494 e. The van der Waals surface area contributed by atoms with Gasteiger partial charge < -0.3 is 9.30 Å². The zero-order valence-electron chi connectivity index (χ0n) is 21.0. The minimum atomic E-state index is -0.371. The van der Waals surface area contributed by atoms with Gasteiger partial charge in [-0.3, -0.25) is 15.1 Å². The lowest BCUT2D eigenvalue weighted by Gasteiger charge is -2.22. The summed E-state index contributed by atoms with van der Waals surface area (Å²) in [5.74, 6) is 0.672. The van der Waals surface area contributed by atoms with Gasteiger partial charge in [0.1, 0.15) is 11.6 Å². The van der Waals surface area contributed by atoms with Crippen molar-refractivity contribution in [3.63, 3.8) is 0 Å². The summed E-state index contributed by atoms with van der Waals surface area (Å²) in [4.78, 5) is 19.6. The fourth-order valence-electron chi connectivity index (χ4n) is 4.41. The van der Waals surface area contributed by atoms with Crippen LogP contribution >= 0.6 is 11.8 Å². The molecule has 1 aromatic heterocycles. The number of amides is 1. The fraction of sp³-hybridized carbons (Fsp3) is 0.276. The van der Waals surface area contributed by atoms with Gasteiger partial charge >= 0.3 is 0 Å². The number of carbonyl (C=O) groups is 1. The highest BCUT2D eigenvalue weighted by Crippen LogP contribution is 2.33. The van der Waals surface area contributed by atoms with Gasteiger partial charge in [-0.15, -0.1) is 0 Å². The molecule has 0 radical (unpaired) electrons. The highest BCUT2D eigenvalue weighted by atomic mass is 32.2. The lowest BCUT2D eigenvalue weighted by molar-refractivity contribution is -0.114. The van der Waals surface area contributed by atoms with E-state index in [-0.39, 0.29) is 17.2 Å². The minimum absolute atomic E-state index is 0.124. The predicted molar refractivity (Wildman–Crippen MR) is 149 cm³/mol. The number of thioether (sulfide) groups is 1. The third-order valence-corrected chi connectivity index (χ3v) is 7.24. The molecule has 5 rings (SSSR count). The maximum atomic E-state index is 12.7. The van der Waals surface area contributed by atoms with E-state index in [0.29, 0.717) is 17.3 Å². The summed E-state index contributed by atoms with van der Waals surface area (Å²) in [6.45, 7) is 9.95. The van der Waals surface area contributed by atoms with Gasteiger partial charge in [0.2, 0.25) is 0 Å². The van der Waals surface area contributed by atoms with Crippen LogP contribution in [0.4, 0.5) is 0 Å². The Labute approximate surface area is 215 Å². The van der Waals surface area contributed by atoms with Crippen molar-refractivity contribution in [3.8, 4) is 5.75 Å². The predicted octanol–water partition coefficient (Wildman–Crippen LogP) is 6.57. The molecular weight excluding hydrogens is 468 g/mol. The summed E-state index contributed by atoms with van der Waals surface area (Å²) >= 11 is 1.42. The van der Waals surface area contributed by atoms with E-state index in [9.17, 15) is 4.79 Å². The zero-order chi connectivity index (χ0) is 25.4. The number of allylic oxidation sites excluding steroid dienone is 1. The van der Waals surface area contributed by atoms with Crippen molar-refractivity contribution in [2.24, 2.45) is 4.99 Å². The number of rotatable bonds is 6. The van der Waals surface area contributed by atoms with E-state index in [0.717, 1.165) is 40.1 Å². The van der Waals surface area contributed by atoms with Crippen LogP contribution in [-0.2, 0) is 16.8 Å². The van der Waals surface area contributed by atoms with Gasteiger partial charge in [-0.05, 0) is 48.6 Å². The number of fused-ring (bicyclic) bond motifs is 2. The number of aromatic nitrogens is 1. The van der Waals surface area contributed by atoms with Crippen molar-refractivity contribution in [2.45, 2.75) is 46.1 Å². The molecule has 2 aliphatic rings. The van der Waals surface area contributed by atoms with Crippen molar-refractivity contribution in [1.29, 1.82) is 5.41 Å². The molecule has 2 aliphatic heterocycles. The molecule has 0 saturated carbocycles. The number of carbonyl (C=O) groups excluding carboxylic acids is 1. The third-order valence-electron chi connectivity index (χ3n) is 6.34. The SMILES string of the molecule is CC1=CN2C(=N)/C(=C/c3cn(CCCOc4ccc(C(C)(C)C)cc4)c4ccccc34)C(=O)N=C2S1. The van der Waals surface area contributed by atoms with E-state index >= 15 is 0 Å². The summed E-state index contributed by atoms with van der Waals surface area (Å²) < 4.78 is 8.18. The Hall–Kier alpha value is -3.58. The number of ether oxygens (including phenoxy) is 1. The van der Waals surface area contributed by atoms with E-state index in [1.54, 1.807) is 11.0 Å². The van der Waals surface area contributed by atoms with E-state index in [1.807, 2.05) is 43.5 Å². The number of hydrogen-bond acceptors (Lipinski definition) is 4. The highest BCUT2D eigenvalue weighted by molar-refractivity contribution is 8.17. The van der Waals surface area contributed by atoms with E-state index in [2.05, 4.69) is 54.7 Å². The fourth-order valence-corrected chi connectivity index (χ4v) is 5.23. The van der Waals surface area contributed by atoms with Gasteiger partial charge in [-0.25, -0.2) is 0 Å². The molecule has 36 heavy (non-hydrogen) atoms. The first kappa shape index (κ1) is 24.1.